The zero-order valence-electron chi connectivity index (χ0n) is 13.6. The molecule has 0 fully saturated rings. The number of aryl methyl sites for hydroxylation is 1. The van der Waals surface area contributed by atoms with E-state index in [9.17, 15) is 4.79 Å². The molecule has 0 radical (unpaired) electrons. The van der Waals surface area contributed by atoms with Gasteiger partial charge in [-0.25, -0.2) is 9.78 Å². The van der Waals surface area contributed by atoms with Crippen LogP contribution < -0.4 is 5.43 Å². The number of esters is 1. The molecule has 0 aliphatic rings. The predicted octanol–water partition coefficient (Wildman–Crippen LogP) is 3.02. The van der Waals surface area contributed by atoms with Crippen molar-refractivity contribution in [3.05, 3.63) is 66.1 Å². The van der Waals surface area contributed by atoms with E-state index in [1.165, 1.54) is 0 Å². The second-order valence-electron chi connectivity index (χ2n) is 5.25. The smallest absolute Gasteiger partial charge is 0.361 e. The number of carbonyl (C=O) groups excluding carboxylic acids is 1. The van der Waals surface area contributed by atoms with Gasteiger partial charge in [0.15, 0.2) is 5.71 Å². The van der Waals surface area contributed by atoms with Gasteiger partial charge in [-0.1, -0.05) is 18.2 Å². The standard InChI is InChI=1S/C18H18N4O2/c1-3-24-18(23)17(21-20-14-8-6-7-13(2)11-14)15-12-22-10-5-4-9-16(22)19-15/h4-12,20H,3H2,1-2H3. The average Bonchev–Trinajstić information content (AvgIpc) is 2.99. The summed E-state index contributed by atoms with van der Waals surface area (Å²) in [6.45, 7) is 4.02. The lowest BCUT2D eigenvalue weighted by molar-refractivity contribution is -0.134. The Balaban J connectivity index is 1.96. The van der Waals surface area contributed by atoms with Crippen LogP contribution in [0.3, 0.4) is 0 Å². The van der Waals surface area contributed by atoms with Crippen LogP contribution in [0, 0.1) is 6.92 Å². The molecule has 0 bridgehead atoms. The second-order valence-corrected chi connectivity index (χ2v) is 5.25. The highest BCUT2D eigenvalue weighted by molar-refractivity contribution is 6.42. The molecule has 6 nitrogen and oxygen atoms in total. The van der Waals surface area contributed by atoms with Crippen LogP contribution in [0.15, 0.2) is 60.0 Å². The fraction of sp³-hybridized carbons (Fsp3) is 0.167. The van der Waals surface area contributed by atoms with Crippen LogP contribution in [-0.4, -0.2) is 27.7 Å². The molecule has 0 saturated heterocycles. The van der Waals surface area contributed by atoms with Crippen molar-refractivity contribution in [2.45, 2.75) is 13.8 Å². The number of hydrazone groups is 1. The summed E-state index contributed by atoms with van der Waals surface area (Å²) < 4.78 is 6.94. The monoisotopic (exact) mass is 322 g/mol. The first-order valence-electron chi connectivity index (χ1n) is 7.69. The lowest BCUT2D eigenvalue weighted by Gasteiger charge is -2.05. The van der Waals surface area contributed by atoms with Gasteiger partial charge in [-0.15, -0.1) is 0 Å². The Kier molecular flexibility index (Phi) is 4.56. The van der Waals surface area contributed by atoms with Gasteiger partial charge in [-0.3, -0.25) is 5.43 Å². The Labute approximate surface area is 139 Å². The van der Waals surface area contributed by atoms with E-state index >= 15 is 0 Å². The van der Waals surface area contributed by atoms with Gasteiger partial charge in [0.1, 0.15) is 11.3 Å². The molecule has 0 spiro atoms. The molecular weight excluding hydrogens is 304 g/mol. The highest BCUT2D eigenvalue weighted by Gasteiger charge is 2.19. The van der Waals surface area contributed by atoms with Gasteiger partial charge in [0.2, 0.25) is 0 Å². The molecule has 6 heteroatoms. The summed E-state index contributed by atoms with van der Waals surface area (Å²) >= 11 is 0. The SMILES string of the molecule is CCOC(=O)C(=NNc1cccc(C)c1)c1cn2ccccc2n1. The van der Waals surface area contributed by atoms with Crippen molar-refractivity contribution in [1.82, 2.24) is 9.38 Å². The van der Waals surface area contributed by atoms with Gasteiger partial charge in [0.05, 0.1) is 12.3 Å². The molecule has 0 amide bonds. The maximum absolute atomic E-state index is 12.3. The second kappa shape index (κ2) is 6.95. The first kappa shape index (κ1) is 15.7. The number of ether oxygens (including phenoxy) is 1. The number of imidazole rings is 1. The van der Waals surface area contributed by atoms with Crippen molar-refractivity contribution < 1.29 is 9.53 Å². The zero-order chi connectivity index (χ0) is 16.9. The van der Waals surface area contributed by atoms with Crippen LogP contribution in [0.1, 0.15) is 18.2 Å². The van der Waals surface area contributed by atoms with Crippen LogP contribution in [-0.2, 0) is 9.53 Å². The molecule has 1 N–H and O–H groups in total. The number of rotatable bonds is 5. The van der Waals surface area contributed by atoms with Crippen molar-refractivity contribution in [2.75, 3.05) is 12.0 Å². The minimum Gasteiger partial charge on any atom is -0.461 e. The predicted molar refractivity (Wildman–Crippen MR) is 93.2 cm³/mol. The molecule has 3 rings (SSSR count). The number of hydrogen-bond acceptors (Lipinski definition) is 5. The largest absolute Gasteiger partial charge is 0.461 e. The Bertz CT molecular complexity index is 866. The van der Waals surface area contributed by atoms with Crippen molar-refractivity contribution >= 4 is 23.0 Å². The van der Waals surface area contributed by atoms with E-state index in [-0.39, 0.29) is 12.3 Å². The summed E-state index contributed by atoms with van der Waals surface area (Å²) in [4.78, 5) is 16.7. The van der Waals surface area contributed by atoms with Gasteiger partial charge in [-0.05, 0) is 43.7 Å². The lowest BCUT2D eigenvalue weighted by Crippen LogP contribution is -2.20. The summed E-state index contributed by atoms with van der Waals surface area (Å²) in [5.41, 5.74) is 6.13. The summed E-state index contributed by atoms with van der Waals surface area (Å²) in [6.07, 6.45) is 3.62. The van der Waals surface area contributed by atoms with Gasteiger partial charge < -0.3 is 9.14 Å². The number of nitrogens with zero attached hydrogens (tertiary/aromatic N) is 3. The molecule has 0 saturated carbocycles. The van der Waals surface area contributed by atoms with Gasteiger partial charge >= 0.3 is 5.97 Å². The maximum Gasteiger partial charge on any atom is 0.361 e. The quantitative estimate of drug-likeness (QED) is 0.445. The van der Waals surface area contributed by atoms with Crippen LogP contribution in [0.2, 0.25) is 0 Å². The Morgan fingerprint density at radius 2 is 2.17 bits per heavy atom. The van der Waals surface area contributed by atoms with E-state index in [2.05, 4.69) is 15.5 Å². The van der Waals surface area contributed by atoms with Gasteiger partial charge in [-0.2, -0.15) is 5.10 Å². The van der Waals surface area contributed by atoms with Crippen LogP contribution in [0.25, 0.3) is 5.65 Å². The highest BCUT2D eigenvalue weighted by Crippen LogP contribution is 2.11. The number of carbonyl (C=O) groups is 1. The van der Waals surface area contributed by atoms with E-state index in [1.807, 2.05) is 60.0 Å². The third-order valence-electron chi connectivity index (χ3n) is 3.39. The summed E-state index contributed by atoms with van der Waals surface area (Å²) in [6, 6.07) is 13.4. The summed E-state index contributed by atoms with van der Waals surface area (Å²) in [5, 5.41) is 4.24. The normalized spacial score (nSPS) is 11.5. The third-order valence-corrected chi connectivity index (χ3v) is 3.39. The minimum atomic E-state index is -0.513. The third kappa shape index (κ3) is 3.43. The molecule has 0 aliphatic carbocycles. The molecule has 3 aromatic rings. The van der Waals surface area contributed by atoms with E-state index < -0.39 is 5.97 Å². The number of aromatic nitrogens is 2. The van der Waals surface area contributed by atoms with E-state index in [4.69, 9.17) is 4.74 Å². The number of hydrogen-bond donors (Lipinski definition) is 1. The molecule has 0 aliphatic heterocycles. The molecule has 24 heavy (non-hydrogen) atoms. The Morgan fingerprint density at radius 3 is 2.92 bits per heavy atom. The topological polar surface area (TPSA) is 68.0 Å². The van der Waals surface area contributed by atoms with Crippen molar-refractivity contribution in [2.24, 2.45) is 5.10 Å². The number of nitrogens with one attached hydrogen (secondary N) is 1. The number of benzene rings is 1. The van der Waals surface area contributed by atoms with Crippen molar-refractivity contribution in [3.63, 3.8) is 0 Å². The number of pyridine rings is 1. The van der Waals surface area contributed by atoms with E-state index in [1.54, 1.807) is 13.1 Å². The molecule has 1 aromatic carbocycles. The average molecular weight is 322 g/mol. The van der Waals surface area contributed by atoms with Crippen molar-refractivity contribution in [1.29, 1.82) is 0 Å². The number of anilines is 1. The maximum atomic E-state index is 12.3. The molecule has 0 unspecified atom stereocenters. The summed E-state index contributed by atoms with van der Waals surface area (Å²) in [7, 11) is 0. The first-order chi connectivity index (χ1) is 11.7. The van der Waals surface area contributed by atoms with E-state index in [0.29, 0.717) is 5.69 Å². The van der Waals surface area contributed by atoms with E-state index in [0.717, 1.165) is 16.9 Å². The Hall–Kier alpha value is -3.15. The van der Waals surface area contributed by atoms with Crippen LogP contribution >= 0.6 is 0 Å². The zero-order valence-corrected chi connectivity index (χ0v) is 13.6. The fourth-order valence-electron chi connectivity index (χ4n) is 2.29. The Morgan fingerprint density at radius 1 is 1.29 bits per heavy atom. The molecular formula is C18H18N4O2. The van der Waals surface area contributed by atoms with Crippen LogP contribution in [0.5, 0.6) is 0 Å². The molecule has 0 atom stereocenters. The molecule has 122 valence electrons. The van der Waals surface area contributed by atoms with Crippen LogP contribution in [0.4, 0.5) is 5.69 Å². The number of fused-ring (bicyclic) bond motifs is 1. The summed E-state index contributed by atoms with van der Waals surface area (Å²) in [5.74, 6) is -0.513. The van der Waals surface area contributed by atoms with Gasteiger partial charge in [0.25, 0.3) is 0 Å². The minimum absolute atomic E-state index is 0.141. The van der Waals surface area contributed by atoms with Crippen molar-refractivity contribution in [3.8, 4) is 0 Å². The molecule has 2 aromatic heterocycles. The molecule has 2 heterocycles. The lowest BCUT2D eigenvalue weighted by atomic mass is 10.2. The first-order valence-corrected chi connectivity index (χ1v) is 7.69. The fourth-order valence-corrected chi connectivity index (χ4v) is 2.29. The van der Waals surface area contributed by atoms with Gasteiger partial charge in [0, 0.05) is 12.4 Å². The highest BCUT2D eigenvalue weighted by atomic mass is 16.5.